The molecule has 5 unspecified atom stereocenters. The van der Waals surface area contributed by atoms with Crippen LogP contribution in [-0.4, -0.2) is 24.1 Å². The Hall–Kier alpha value is -1.58. The van der Waals surface area contributed by atoms with Gasteiger partial charge in [0.1, 0.15) is 12.2 Å². The van der Waals surface area contributed by atoms with Gasteiger partial charge in [-0.25, -0.2) is 9.59 Å². The van der Waals surface area contributed by atoms with E-state index in [4.69, 9.17) is 9.47 Å². The summed E-state index contributed by atoms with van der Waals surface area (Å²) < 4.78 is 11.4. The molecule has 0 saturated heterocycles. The van der Waals surface area contributed by atoms with Crippen LogP contribution >= 0.6 is 0 Å². The lowest BCUT2D eigenvalue weighted by Crippen LogP contribution is -2.51. The van der Waals surface area contributed by atoms with Crippen molar-refractivity contribution >= 4 is 11.9 Å². The molecule has 2 saturated carbocycles. The number of carbonyl (C=O) groups excluding carboxylic acids is 2. The second kappa shape index (κ2) is 6.05. The van der Waals surface area contributed by atoms with Crippen LogP contribution < -0.4 is 0 Å². The molecule has 3 aliphatic rings. The van der Waals surface area contributed by atoms with E-state index in [0.717, 1.165) is 31.3 Å². The molecule has 5 atom stereocenters. The molecular weight excluding hydrogens is 304 g/mol. The van der Waals surface area contributed by atoms with E-state index in [-0.39, 0.29) is 35.5 Å². The maximum absolute atomic E-state index is 12.2. The molecule has 0 aromatic heterocycles. The van der Waals surface area contributed by atoms with E-state index in [0.29, 0.717) is 11.5 Å². The van der Waals surface area contributed by atoms with Crippen LogP contribution in [0.2, 0.25) is 0 Å². The van der Waals surface area contributed by atoms with Crippen molar-refractivity contribution < 1.29 is 19.1 Å². The quantitative estimate of drug-likeness (QED) is 0.567. The van der Waals surface area contributed by atoms with Crippen molar-refractivity contribution in [3.05, 3.63) is 22.8 Å². The molecule has 1 aliphatic heterocycles. The molecule has 1 heterocycles. The normalized spacial score (nSPS) is 39.2. The van der Waals surface area contributed by atoms with Crippen LogP contribution in [0.15, 0.2) is 22.8 Å². The van der Waals surface area contributed by atoms with E-state index >= 15 is 0 Å². The van der Waals surface area contributed by atoms with Crippen LogP contribution in [-0.2, 0) is 19.1 Å². The molecule has 3 rings (SSSR count). The molecule has 0 N–H and O–H groups in total. The number of rotatable bonds is 2. The zero-order valence-electron chi connectivity index (χ0n) is 15.3. The van der Waals surface area contributed by atoms with Crippen molar-refractivity contribution in [2.75, 3.05) is 0 Å². The average Bonchev–Trinajstić information content (AvgIpc) is 2.82. The second-order valence-corrected chi connectivity index (χ2v) is 7.96. The Labute approximate surface area is 144 Å². The summed E-state index contributed by atoms with van der Waals surface area (Å²) in [7, 11) is 0. The van der Waals surface area contributed by atoms with Crippen LogP contribution in [0, 0.1) is 17.3 Å². The predicted molar refractivity (Wildman–Crippen MR) is 91.1 cm³/mol. The minimum Gasteiger partial charge on any atom is -0.459 e. The van der Waals surface area contributed by atoms with Crippen LogP contribution in [0.1, 0.15) is 60.3 Å². The van der Waals surface area contributed by atoms with Crippen molar-refractivity contribution in [3.8, 4) is 0 Å². The molecule has 2 aliphatic carbocycles. The third-order valence-corrected chi connectivity index (χ3v) is 6.78. The van der Waals surface area contributed by atoms with E-state index in [9.17, 15) is 9.59 Å². The van der Waals surface area contributed by atoms with Gasteiger partial charge in [0, 0.05) is 17.1 Å². The van der Waals surface area contributed by atoms with Gasteiger partial charge in [0.05, 0.1) is 0 Å². The Bertz CT molecular complexity index is 630. The number of esters is 2. The fourth-order valence-electron chi connectivity index (χ4n) is 4.69. The maximum atomic E-state index is 12.2. The lowest BCUT2D eigenvalue weighted by molar-refractivity contribution is -0.163. The highest BCUT2D eigenvalue weighted by molar-refractivity contribution is 5.91. The summed E-state index contributed by atoms with van der Waals surface area (Å²) in [6, 6.07) is 0. The Balaban J connectivity index is 1.87. The molecule has 4 nitrogen and oxygen atoms in total. The molecule has 2 fully saturated rings. The topological polar surface area (TPSA) is 52.6 Å². The first kappa shape index (κ1) is 17.2. The van der Waals surface area contributed by atoms with Crippen LogP contribution in [0.25, 0.3) is 0 Å². The Kier molecular flexibility index (Phi) is 4.35. The first-order chi connectivity index (χ1) is 11.3. The van der Waals surface area contributed by atoms with Crippen molar-refractivity contribution in [1.29, 1.82) is 0 Å². The lowest BCUT2D eigenvalue weighted by atomic mass is 9.53. The van der Waals surface area contributed by atoms with Crippen molar-refractivity contribution in [1.82, 2.24) is 0 Å². The van der Waals surface area contributed by atoms with E-state index < -0.39 is 0 Å². The van der Waals surface area contributed by atoms with Crippen molar-refractivity contribution in [3.63, 3.8) is 0 Å². The molecule has 24 heavy (non-hydrogen) atoms. The van der Waals surface area contributed by atoms with E-state index in [1.165, 1.54) is 5.57 Å². The van der Waals surface area contributed by atoms with Gasteiger partial charge in [-0.05, 0) is 63.4 Å². The Morgan fingerprint density at radius 1 is 1.38 bits per heavy atom. The van der Waals surface area contributed by atoms with Crippen LogP contribution in [0.3, 0.4) is 0 Å². The van der Waals surface area contributed by atoms with Crippen molar-refractivity contribution in [2.45, 2.75) is 72.5 Å². The van der Waals surface area contributed by atoms with Gasteiger partial charge in [0.2, 0.25) is 0 Å². The SMILES string of the molecule is CC=C(C)C(=O)OC1CCC(C)C2(C)CC3=C(C)C(=O)OC3CC12. The molecule has 0 aromatic carbocycles. The molecule has 0 spiro atoms. The van der Waals surface area contributed by atoms with Crippen LogP contribution in [0.4, 0.5) is 0 Å². The van der Waals surface area contributed by atoms with Gasteiger partial charge < -0.3 is 9.47 Å². The van der Waals surface area contributed by atoms with E-state index in [1.54, 1.807) is 13.0 Å². The highest BCUT2D eigenvalue weighted by atomic mass is 16.6. The largest absolute Gasteiger partial charge is 0.459 e. The average molecular weight is 332 g/mol. The standard InChI is InChI=1S/C20H28O4/c1-6-11(2)18(21)23-16-8-7-12(3)20(5)10-14-13(4)19(22)24-17(14)9-15(16)20/h6,12,15-17H,7-10H2,1-5H3. The summed E-state index contributed by atoms with van der Waals surface area (Å²) in [5, 5.41) is 0. The fourth-order valence-corrected chi connectivity index (χ4v) is 4.69. The van der Waals surface area contributed by atoms with Gasteiger partial charge in [0.25, 0.3) is 0 Å². The zero-order valence-corrected chi connectivity index (χ0v) is 15.3. The predicted octanol–water partition coefficient (Wildman–Crippen LogP) is 3.95. The minimum absolute atomic E-state index is 0.0497. The minimum atomic E-state index is -0.222. The summed E-state index contributed by atoms with van der Waals surface area (Å²) in [4.78, 5) is 24.2. The first-order valence-corrected chi connectivity index (χ1v) is 9.02. The van der Waals surface area contributed by atoms with Crippen LogP contribution in [0.5, 0.6) is 0 Å². The molecular formula is C20H28O4. The second-order valence-electron chi connectivity index (χ2n) is 7.96. The summed E-state index contributed by atoms with van der Waals surface area (Å²) in [5.74, 6) is 0.378. The number of hydrogen-bond donors (Lipinski definition) is 0. The monoisotopic (exact) mass is 332 g/mol. The molecule has 0 radical (unpaired) electrons. The number of ether oxygens (including phenoxy) is 2. The molecule has 0 aromatic rings. The zero-order chi connectivity index (χ0) is 17.6. The summed E-state index contributed by atoms with van der Waals surface area (Å²) in [6.45, 7) is 10.1. The Morgan fingerprint density at radius 3 is 2.75 bits per heavy atom. The van der Waals surface area contributed by atoms with E-state index in [1.807, 2.05) is 13.8 Å². The van der Waals surface area contributed by atoms with Crippen molar-refractivity contribution in [2.24, 2.45) is 17.3 Å². The Morgan fingerprint density at radius 2 is 2.08 bits per heavy atom. The third kappa shape index (κ3) is 2.60. The fraction of sp³-hybridized carbons (Fsp3) is 0.700. The highest BCUT2D eigenvalue weighted by Crippen LogP contribution is 2.57. The number of fused-ring (bicyclic) bond motifs is 2. The molecule has 4 heteroatoms. The first-order valence-electron chi connectivity index (χ1n) is 9.02. The lowest BCUT2D eigenvalue weighted by Gasteiger charge is -2.53. The van der Waals surface area contributed by atoms with Gasteiger partial charge >= 0.3 is 11.9 Å². The third-order valence-electron chi connectivity index (χ3n) is 6.78. The smallest absolute Gasteiger partial charge is 0.334 e. The van der Waals surface area contributed by atoms with Gasteiger partial charge in [0.15, 0.2) is 0 Å². The highest BCUT2D eigenvalue weighted by Gasteiger charge is 2.54. The number of allylic oxidation sites excluding steroid dienone is 1. The summed E-state index contributed by atoms with van der Waals surface area (Å²) >= 11 is 0. The number of hydrogen-bond acceptors (Lipinski definition) is 4. The molecule has 0 bridgehead atoms. The number of carbonyl (C=O) groups is 2. The summed E-state index contributed by atoms with van der Waals surface area (Å²) in [6.07, 6.45) is 5.16. The molecule has 132 valence electrons. The maximum Gasteiger partial charge on any atom is 0.334 e. The van der Waals surface area contributed by atoms with Gasteiger partial charge in [-0.2, -0.15) is 0 Å². The van der Waals surface area contributed by atoms with Gasteiger partial charge in [-0.15, -0.1) is 0 Å². The molecule has 0 amide bonds. The van der Waals surface area contributed by atoms with E-state index in [2.05, 4.69) is 13.8 Å². The van der Waals surface area contributed by atoms with Gasteiger partial charge in [-0.1, -0.05) is 19.9 Å². The van der Waals surface area contributed by atoms with Gasteiger partial charge in [-0.3, -0.25) is 0 Å². The summed E-state index contributed by atoms with van der Waals surface area (Å²) in [5.41, 5.74) is 2.65.